The topological polar surface area (TPSA) is 23.8 Å². The Morgan fingerprint density at radius 1 is 0.955 bits per heavy atom. The fourth-order valence-electron chi connectivity index (χ4n) is 3.40. The third-order valence-corrected chi connectivity index (χ3v) is 4.95. The van der Waals surface area contributed by atoms with E-state index in [0.717, 1.165) is 25.7 Å². The van der Waals surface area contributed by atoms with Gasteiger partial charge in [0.2, 0.25) is 0 Å². The Balaban J connectivity index is 1.70. The second kappa shape index (κ2) is 9.67. The molecule has 0 atom stereocenters. The molecule has 1 heteroatoms. The van der Waals surface area contributed by atoms with Crippen molar-refractivity contribution in [2.45, 2.75) is 77.6 Å². The molecule has 1 radical (unpaired) electrons. The second-order valence-electron chi connectivity index (χ2n) is 6.72. The molecular formula is C21H30N. The van der Waals surface area contributed by atoms with Crippen LogP contribution in [0, 0.1) is 23.2 Å². The number of nitriles is 1. The predicted octanol–water partition coefficient (Wildman–Crippen LogP) is 6.23. The van der Waals surface area contributed by atoms with Crippen molar-refractivity contribution in [1.29, 1.82) is 5.26 Å². The zero-order valence-corrected chi connectivity index (χ0v) is 14.1. The minimum atomic E-state index is 0.288. The van der Waals surface area contributed by atoms with Crippen molar-refractivity contribution in [2.75, 3.05) is 0 Å². The minimum Gasteiger partial charge on any atom is -0.198 e. The number of benzene rings is 1. The van der Waals surface area contributed by atoms with E-state index in [1.54, 1.807) is 5.92 Å². The summed E-state index contributed by atoms with van der Waals surface area (Å²) in [5.41, 5.74) is 2.88. The highest BCUT2D eigenvalue weighted by Crippen LogP contribution is 2.34. The fourth-order valence-corrected chi connectivity index (χ4v) is 3.40. The fraction of sp³-hybridized carbons (Fsp3) is 0.619. The van der Waals surface area contributed by atoms with E-state index in [4.69, 9.17) is 5.26 Å². The van der Waals surface area contributed by atoms with Gasteiger partial charge >= 0.3 is 0 Å². The maximum absolute atomic E-state index is 8.98. The Morgan fingerprint density at radius 3 is 2.23 bits per heavy atom. The summed E-state index contributed by atoms with van der Waals surface area (Å²) in [7, 11) is 0. The highest BCUT2D eigenvalue weighted by molar-refractivity contribution is 5.34. The summed E-state index contributed by atoms with van der Waals surface area (Å²) >= 11 is 0. The van der Waals surface area contributed by atoms with E-state index in [9.17, 15) is 0 Å². The maximum Gasteiger partial charge on any atom is 0.0655 e. The molecule has 0 spiro atoms. The standard InChI is InChI=1S/C21H30N/c1-2-3-4-5-6-7-8-18-9-13-20(14-10-18)21-15-11-19(17-22)12-16-21/h9-10,13-14,19H,2-8,11-12,15-16H2,1H3. The summed E-state index contributed by atoms with van der Waals surface area (Å²) in [6.07, 6.45) is 13.7. The lowest BCUT2D eigenvalue weighted by atomic mass is 9.79. The van der Waals surface area contributed by atoms with Crippen molar-refractivity contribution in [3.05, 3.63) is 41.3 Å². The molecule has 0 aromatic heterocycles. The van der Waals surface area contributed by atoms with Crippen molar-refractivity contribution in [2.24, 2.45) is 5.92 Å². The summed E-state index contributed by atoms with van der Waals surface area (Å²) < 4.78 is 0. The van der Waals surface area contributed by atoms with Crippen LogP contribution in [0.4, 0.5) is 0 Å². The van der Waals surface area contributed by atoms with Crippen LogP contribution in [0.5, 0.6) is 0 Å². The largest absolute Gasteiger partial charge is 0.198 e. The summed E-state index contributed by atoms with van der Waals surface area (Å²) in [6, 6.07) is 11.6. The summed E-state index contributed by atoms with van der Waals surface area (Å²) in [5.74, 6) is 1.84. The van der Waals surface area contributed by atoms with E-state index in [0.29, 0.717) is 0 Å². The van der Waals surface area contributed by atoms with E-state index in [2.05, 4.69) is 37.3 Å². The van der Waals surface area contributed by atoms with Gasteiger partial charge in [-0.25, -0.2) is 0 Å². The smallest absolute Gasteiger partial charge is 0.0655 e. The van der Waals surface area contributed by atoms with Gasteiger partial charge in [-0.2, -0.15) is 5.26 Å². The van der Waals surface area contributed by atoms with Crippen molar-refractivity contribution in [3.63, 3.8) is 0 Å². The highest BCUT2D eigenvalue weighted by Gasteiger charge is 2.22. The molecule has 22 heavy (non-hydrogen) atoms. The van der Waals surface area contributed by atoms with Gasteiger partial charge in [-0.05, 0) is 49.7 Å². The van der Waals surface area contributed by atoms with Gasteiger partial charge in [0.05, 0.1) is 6.07 Å². The third kappa shape index (κ3) is 5.48. The van der Waals surface area contributed by atoms with Crippen LogP contribution in [0.15, 0.2) is 24.3 Å². The quantitative estimate of drug-likeness (QED) is 0.522. The van der Waals surface area contributed by atoms with E-state index >= 15 is 0 Å². The molecule has 0 aliphatic heterocycles. The van der Waals surface area contributed by atoms with Crippen molar-refractivity contribution in [1.82, 2.24) is 0 Å². The van der Waals surface area contributed by atoms with Gasteiger partial charge in [0.25, 0.3) is 0 Å². The summed E-state index contributed by atoms with van der Waals surface area (Å²) in [6.45, 7) is 2.27. The van der Waals surface area contributed by atoms with Crippen molar-refractivity contribution in [3.8, 4) is 6.07 Å². The zero-order chi connectivity index (χ0) is 15.6. The number of unbranched alkanes of at least 4 members (excludes halogenated alkanes) is 5. The molecule has 1 aliphatic carbocycles. The zero-order valence-electron chi connectivity index (χ0n) is 14.1. The second-order valence-corrected chi connectivity index (χ2v) is 6.72. The molecule has 1 aliphatic rings. The molecule has 0 saturated heterocycles. The molecular weight excluding hydrogens is 266 g/mol. The predicted molar refractivity (Wildman–Crippen MR) is 93.4 cm³/mol. The Hall–Kier alpha value is -1.29. The minimum absolute atomic E-state index is 0.288. The van der Waals surface area contributed by atoms with E-state index in [1.165, 1.54) is 56.1 Å². The first-order chi connectivity index (χ1) is 10.8. The monoisotopic (exact) mass is 296 g/mol. The van der Waals surface area contributed by atoms with Crippen LogP contribution < -0.4 is 0 Å². The molecule has 0 unspecified atom stereocenters. The van der Waals surface area contributed by atoms with Gasteiger partial charge in [-0.15, -0.1) is 0 Å². The van der Waals surface area contributed by atoms with Crippen LogP contribution in [0.25, 0.3) is 0 Å². The Morgan fingerprint density at radius 2 is 1.59 bits per heavy atom. The molecule has 1 saturated carbocycles. The van der Waals surface area contributed by atoms with E-state index in [-0.39, 0.29) is 5.92 Å². The van der Waals surface area contributed by atoms with Gasteiger partial charge in [-0.3, -0.25) is 0 Å². The van der Waals surface area contributed by atoms with Crippen molar-refractivity contribution < 1.29 is 0 Å². The normalized spacial score (nSPS) is 16.5. The first kappa shape index (κ1) is 17.1. The van der Waals surface area contributed by atoms with Crippen LogP contribution in [0.2, 0.25) is 0 Å². The van der Waals surface area contributed by atoms with Gasteiger partial charge < -0.3 is 0 Å². The number of hydrogen-bond donors (Lipinski definition) is 0. The SMILES string of the molecule is CCCCCCCCc1ccc([C]2CCC(C#N)CC2)cc1. The van der Waals surface area contributed by atoms with E-state index in [1.807, 2.05) is 0 Å². The van der Waals surface area contributed by atoms with Gasteiger partial charge in [0, 0.05) is 11.8 Å². The highest BCUT2D eigenvalue weighted by atomic mass is 14.3. The van der Waals surface area contributed by atoms with E-state index < -0.39 is 0 Å². The van der Waals surface area contributed by atoms with Crippen LogP contribution >= 0.6 is 0 Å². The summed E-state index contributed by atoms with van der Waals surface area (Å²) in [4.78, 5) is 0. The Labute approximate surface area is 136 Å². The molecule has 0 amide bonds. The lowest BCUT2D eigenvalue weighted by Gasteiger charge is -2.24. The molecule has 0 bridgehead atoms. The third-order valence-electron chi connectivity index (χ3n) is 4.95. The maximum atomic E-state index is 8.98. The number of nitrogens with zero attached hydrogens (tertiary/aromatic N) is 1. The molecule has 0 N–H and O–H groups in total. The number of hydrogen-bond acceptors (Lipinski definition) is 1. The van der Waals surface area contributed by atoms with Crippen LogP contribution in [0.1, 0.15) is 82.3 Å². The van der Waals surface area contributed by atoms with Gasteiger partial charge in [0.1, 0.15) is 0 Å². The average Bonchev–Trinajstić information content (AvgIpc) is 2.59. The number of rotatable bonds is 8. The lowest BCUT2D eigenvalue weighted by Crippen LogP contribution is -2.12. The molecule has 2 rings (SSSR count). The number of aryl methyl sites for hydroxylation is 1. The average molecular weight is 296 g/mol. The van der Waals surface area contributed by atoms with Crippen LogP contribution in [0.3, 0.4) is 0 Å². The summed E-state index contributed by atoms with van der Waals surface area (Å²) in [5, 5.41) is 8.98. The van der Waals surface area contributed by atoms with Gasteiger partial charge in [0.15, 0.2) is 0 Å². The molecule has 1 nitrogen and oxygen atoms in total. The molecule has 1 aromatic rings. The first-order valence-electron chi connectivity index (χ1n) is 9.17. The Kier molecular flexibility index (Phi) is 7.50. The molecule has 1 fully saturated rings. The first-order valence-corrected chi connectivity index (χ1v) is 9.17. The molecule has 1 aromatic carbocycles. The molecule has 119 valence electrons. The molecule has 0 heterocycles. The lowest BCUT2D eigenvalue weighted by molar-refractivity contribution is 0.464. The van der Waals surface area contributed by atoms with Gasteiger partial charge in [-0.1, -0.05) is 63.3 Å². The van der Waals surface area contributed by atoms with Crippen molar-refractivity contribution >= 4 is 0 Å². The van der Waals surface area contributed by atoms with Crippen LogP contribution in [-0.4, -0.2) is 0 Å². The van der Waals surface area contributed by atoms with Crippen LogP contribution in [-0.2, 0) is 6.42 Å². The Bertz CT molecular complexity index is 446.